The van der Waals surface area contributed by atoms with Crippen molar-refractivity contribution in [1.29, 1.82) is 0 Å². The second-order valence-electron chi connectivity index (χ2n) is 4.10. The van der Waals surface area contributed by atoms with E-state index in [4.69, 9.17) is 10.5 Å². The van der Waals surface area contributed by atoms with Gasteiger partial charge in [0, 0.05) is 30.9 Å². The van der Waals surface area contributed by atoms with Crippen molar-refractivity contribution >= 4 is 17.6 Å². The summed E-state index contributed by atoms with van der Waals surface area (Å²) in [5.41, 5.74) is 6.75. The van der Waals surface area contributed by atoms with E-state index in [0.29, 0.717) is 38.2 Å². The lowest BCUT2D eigenvalue weighted by Crippen LogP contribution is -2.28. The SMILES string of the molecule is CCOC(=O)CCNc1ccc(C(=O)NCCN)cc1. The molecule has 1 aromatic carbocycles. The van der Waals surface area contributed by atoms with Gasteiger partial charge in [-0.1, -0.05) is 0 Å². The van der Waals surface area contributed by atoms with E-state index in [2.05, 4.69) is 10.6 Å². The van der Waals surface area contributed by atoms with E-state index in [9.17, 15) is 9.59 Å². The summed E-state index contributed by atoms with van der Waals surface area (Å²) in [7, 11) is 0. The number of carbonyl (C=O) groups is 2. The minimum atomic E-state index is -0.224. The fourth-order valence-electron chi connectivity index (χ4n) is 1.57. The van der Waals surface area contributed by atoms with Crippen LogP contribution >= 0.6 is 0 Å². The van der Waals surface area contributed by atoms with E-state index in [1.165, 1.54) is 0 Å². The molecule has 4 N–H and O–H groups in total. The van der Waals surface area contributed by atoms with Crippen molar-refractivity contribution in [3.8, 4) is 0 Å². The minimum absolute atomic E-state index is 0.145. The predicted molar refractivity (Wildman–Crippen MR) is 77.6 cm³/mol. The molecule has 0 aliphatic heterocycles. The maximum absolute atomic E-state index is 11.6. The van der Waals surface area contributed by atoms with E-state index in [1.807, 2.05) is 0 Å². The zero-order valence-corrected chi connectivity index (χ0v) is 11.6. The first-order valence-electron chi connectivity index (χ1n) is 6.65. The first-order chi connectivity index (χ1) is 9.67. The maximum Gasteiger partial charge on any atom is 0.307 e. The number of benzene rings is 1. The van der Waals surface area contributed by atoms with Crippen LogP contribution in [0.15, 0.2) is 24.3 Å². The Morgan fingerprint density at radius 1 is 1.20 bits per heavy atom. The molecule has 1 amide bonds. The van der Waals surface area contributed by atoms with Gasteiger partial charge in [-0.3, -0.25) is 9.59 Å². The number of esters is 1. The highest BCUT2D eigenvalue weighted by Gasteiger charge is 2.04. The third-order valence-electron chi connectivity index (χ3n) is 2.54. The molecule has 0 saturated heterocycles. The van der Waals surface area contributed by atoms with Crippen molar-refractivity contribution in [2.24, 2.45) is 5.73 Å². The highest BCUT2D eigenvalue weighted by atomic mass is 16.5. The van der Waals surface area contributed by atoms with Crippen LogP contribution in [0.4, 0.5) is 5.69 Å². The Balaban J connectivity index is 2.38. The maximum atomic E-state index is 11.6. The van der Waals surface area contributed by atoms with Crippen LogP contribution in [0.1, 0.15) is 23.7 Å². The highest BCUT2D eigenvalue weighted by Crippen LogP contribution is 2.09. The molecule has 20 heavy (non-hydrogen) atoms. The van der Waals surface area contributed by atoms with Gasteiger partial charge in [0.1, 0.15) is 0 Å². The first kappa shape index (κ1) is 16.0. The molecular weight excluding hydrogens is 258 g/mol. The van der Waals surface area contributed by atoms with Gasteiger partial charge in [-0.15, -0.1) is 0 Å². The summed E-state index contributed by atoms with van der Waals surface area (Å²) in [4.78, 5) is 22.8. The van der Waals surface area contributed by atoms with E-state index in [-0.39, 0.29) is 11.9 Å². The number of carbonyl (C=O) groups excluding carboxylic acids is 2. The molecule has 6 nitrogen and oxygen atoms in total. The van der Waals surface area contributed by atoms with Crippen molar-refractivity contribution in [3.63, 3.8) is 0 Å². The summed E-state index contributed by atoms with van der Waals surface area (Å²) in [5.74, 6) is -0.369. The van der Waals surface area contributed by atoms with Gasteiger partial charge in [-0.05, 0) is 31.2 Å². The third kappa shape index (κ3) is 5.71. The topological polar surface area (TPSA) is 93.4 Å². The van der Waals surface area contributed by atoms with Crippen LogP contribution in [-0.4, -0.2) is 38.1 Å². The lowest BCUT2D eigenvalue weighted by molar-refractivity contribution is -0.142. The van der Waals surface area contributed by atoms with Gasteiger partial charge in [0.2, 0.25) is 0 Å². The number of nitrogens with one attached hydrogen (secondary N) is 2. The third-order valence-corrected chi connectivity index (χ3v) is 2.54. The Morgan fingerprint density at radius 3 is 2.50 bits per heavy atom. The summed E-state index contributed by atoms with van der Waals surface area (Å²) in [6.07, 6.45) is 0.312. The van der Waals surface area contributed by atoms with Gasteiger partial charge in [-0.2, -0.15) is 0 Å². The summed E-state index contributed by atoms with van der Waals surface area (Å²) < 4.78 is 4.83. The molecule has 0 bridgehead atoms. The number of amides is 1. The smallest absolute Gasteiger partial charge is 0.307 e. The standard InChI is InChI=1S/C14H21N3O3/c1-2-20-13(18)7-9-16-12-5-3-11(4-6-12)14(19)17-10-8-15/h3-6,16H,2,7-10,15H2,1H3,(H,17,19). The average Bonchev–Trinajstić information content (AvgIpc) is 2.46. The first-order valence-corrected chi connectivity index (χ1v) is 6.65. The molecule has 1 aromatic rings. The van der Waals surface area contributed by atoms with Gasteiger partial charge < -0.3 is 21.1 Å². The zero-order chi connectivity index (χ0) is 14.8. The molecule has 0 atom stereocenters. The van der Waals surface area contributed by atoms with Crippen molar-refractivity contribution < 1.29 is 14.3 Å². The summed E-state index contributed by atoms with van der Waals surface area (Å²) in [5, 5.41) is 5.79. The van der Waals surface area contributed by atoms with E-state index in [0.717, 1.165) is 5.69 Å². The predicted octanol–water partition coefficient (Wildman–Crippen LogP) is 0.740. The molecule has 0 radical (unpaired) electrons. The Labute approximate surface area is 118 Å². The molecular formula is C14H21N3O3. The molecule has 110 valence electrons. The number of hydrogen-bond donors (Lipinski definition) is 3. The molecule has 1 rings (SSSR count). The van der Waals surface area contributed by atoms with Crippen molar-refractivity contribution in [2.45, 2.75) is 13.3 Å². The number of nitrogens with two attached hydrogens (primary N) is 1. The van der Waals surface area contributed by atoms with Crippen LogP contribution in [0.25, 0.3) is 0 Å². The minimum Gasteiger partial charge on any atom is -0.466 e. The molecule has 0 aromatic heterocycles. The molecule has 0 fully saturated rings. The quantitative estimate of drug-likeness (QED) is 0.610. The number of anilines is 1. The van der Waals surface area contributed by atoms with Gasteiger partial charge in [0.25, 0.3) is 5.91 Å². The van der Waals surface area contributed by atoms with Gasteiger partial charge in [-0.25, -0.2) is 0 Å². The van der Waals surface area contributed by atoms with Crippen molar-refractivity contribution in [1.82, 2.24) is 5.32 Å². The summed E-state index contributed by atoms with van der Waals surface area (Å²) in [6, 6.07) is 7.03. The zero-order valence-electron chi connectivity index (χ0n) is 11.6. The van der Waals surface area contributed by atoms with Crippen LogP contribution in [0, 0.1) is 0 Å². The molecule has 6 heteroatoms. The second-order valence-corrected chi connectivity index (χ2v) is 4.10. The normalized spacial score (nSPS) is 9.90. The van der Waals surface area contributed by atoms with E-state index in [1.54, 1.807) is 31.2 Å². The molecule has 0 aliphatic rings. The summed E-state index contributed by atoms with van der Waals surface area (Å²) >= 11 is 0. The molecule has 0 spiro atoms. The Kier molecular flexibility index (Phi) is 7.13. The van der Waals surface area contributed by atoms with Crippen molar-refractivity contribution in [3.05, 3.63) is 29.8 Å². The van der Waals surface area contributed by atoms with Crippen LogP contribution in [0.5, 0.6) is 0 Å². The Bertz CT molecular complexity index is 432. The monoisotopic (exact) mass is 279 g/mol. The number of ether oxygens (including phenoxy) is 1. The van der Waals surface area contributed by atoms with Crippen molar-refractivity contribution in [2.75, 3.05) is 31.6 Å². The van der Waals surface area contributed by atoms with Crippen LogP contribution in [0.3, 0.4) is 0 Å². The molecule has 0 unspecified atom stereocenters. The van der Waals surface area contributed by atoms with Crippen LogP contribution in [-0.2, 0) is 9.53 Å². The van der Waals surface area contributed by atoms with E-state index >= 15 is 0 Å². The molecule has 0 aliphatic carbocycles. The number of hydrogen-bond acceptors (Lipinski definition) is 5. The van der Waals surface area contributed by atoms with Gasteiger partial charge in [0.05, 0.1) is 13.0 Å². The van der Waals surface area contributed by atoms with Gasteiger partial charge >= 0.3 is 5.97 Å². The molecule has 0 heterocycles. The van der Waals surface area contributed by atoms with Crippen LogP contribution in [0.2, 0.25) is 0 Å². The number of rotatable bonds is 8. The summed E-state index contributed by atoms with van der Waals surface area (Å²) in [6.45, 7) is 3.54. The largest absolute Gasteiger partial charge is 0.466 e. The average molecular weight is 279 g/mol. The Hall–Kier alpha value is -2.08. The highest BCUT2D eigenvalue weighted by molar-refractivity contribution is 5.94. The van der Waals surface area contributed by atoms with Gasteiger partial charge in [0.15, 0.2) is 0 Å². The van der Waals surface area contributed by atoms with E-state index < -0.39 is 0 Å². The Morgan fingerprint density at radius 2 is 1.90 bits per heavy atom. The van der Waals surface area contributed by atoms with Crippen LogP contribution < -0.4 is 16.4 Å². The fraction of sp³-hybridized carbons (Fsp3) is 0.429. The lowest BCUT2D eigenvalue weighted by Gasteiger charge is -2.07. The molecule has 0 saturated carbocycles. The second kappa shape index (κ2) is 8.92. The lowest BCUT2D eigenvalue weighted by atomic mass is 10.2. The fourth-order valence-corrected chi connectivity index (χ4v) is 1.57.